The largest absolute Gasteiger partial charge is 0.462 e. The lowest BCUT2D eigenvalue weighted by Gasteiger charge is -2.57. The van der Waals surface area contributed by atoms with Gasteiger partial charge in [-0.3, -0.25) is 19.3 Å². The zero-order chi connectivity index (χ0) is 41.4. The molecular weight excluding hydrogens is 756 g/mol. The van der Waals surface area contributed by atoms with Crippen LogP contribution in [0.2, 0.25) is 0 Å². The van der Waals surface area contributed by atoms with Gasteiger partial charge in [-0.15, -0.1) is 0 Å². The van der Waals surface area contributed by atoms with E-state index in [0.717, 1.165) is 56.3 Å². The van der Waals surface area contributed by atoms with Gasteiger partial charge in [0.15, 0.2) is 0 Å². The molecule has 6 unspecified atom stereocenters. The van der Waals surface area contributed by atoms with E-state index in [1.807, 2.05) is 30.9 Å². The molecule has 2 aromatic rings. The Bertz CT molecular complexity index is 2110. The number of aromatic nitrogens is 2. The minimum atomic E-state index is -4.39. The van der Waals surface area contributed by atoms with Crippen LogP contribution >= 0.6 is 7.60 Å². The van der Waals surface area contributed by atoms with Crippen LogP contribution in [0.5, 0.6) is 0 Å². The average molecular weight is 821 g/mol. The number of nitrogens with zero attached hydrogens (tertiary/aromatic N) is 2. The fourth-order valence-electron chi connectivity index (χ4n) is 14.8. The number of aliphatic hydroxyl groups is 1. The maximum atomic E-state index is 12.0. The van der Waals surface area contributed by atoms with E-state index in [1.165, 1.54) is 67.2 Å². The number of esters is 1. The second-order valence-electron chi connectivity index (χ2n) is 20.7. The Morgan fingerprint density at radius 1 is 0.678 bits per heavy atom. The van der Waals surface area contributed by atoms with Crippen LogP contribution in [0.3, 0.4) is 0 Å². The minimum absolute atomic E-state index is 0.106. The molecule has 0 bridgehead atoms. The summed E-state index contributed by atoms with van der Waals surface area (Å²) in [6, 6.07) is 8.53. The smallest absolute Gasteiger partial charge is 0.336 e. The van der Waals surface area contributed by atoms with Gasteiger partial charge < -0.3 is 19.6 Å². The van der Waals surface area contributed by atoms with Crippen LogP contribution in [0.4, 0.5) is 0 Å². The maximum Gasteiger partial charge on any atom is 0.336 e. The topological polar surface area (TPSA) is 130 Å². The van der Waals surface area contributed by atoms with Crippen molar-refractivity contribution < 1.29 is 29.0 Å². The van der Waals surface area contributed by atoms with Crippen molar-refractivity contribution in [3.05, 3.63) is 95.6 Å². The molecule has 0 aromatic carbocycles. The third kappa shape index (κ3) is 7.20. The fourth-order valence-corrected chi connectivity index (χ4v) is 15.2. The van der Waals surface area contributed by atoms with Crippen molar-refractivity contribution in [2.24, 2.45) is 57.2 Å². The molecule has 0 spiro atoms. The van der Waals surface area contributed by atoms with Crippen molar-refractivity contribution in [1.82, 2.24) is 9.97 Å². The number of fused-ring (bicyclic) bond motifs is 10. The molecule has 0 amide bonds. The zero-order valence-corrected chi connectivity index (χ0v) is 36.5. The van der Waals surface area contributed by atoms with Crippen LogP contribution < -0.4 is 0 Å². The quantitative estimate of drug-likeness (QED) is 0.154. The molecule has 10 rings (SSSR count). The number of hydrogen-bond acceptors (Lipinski definition) is 6. The zero-order valence-electron chi connectivity index (χ0n) is 35.6. The first-order valence-electron chi connectivity index (χ1n) is 22.7. The maximum absolute atomic E-state index is 12.0. The van der Waals surface area contributed by atoms with Gasteiger partial charge in [0.2, 0.25) is 0 Å². The molecule has 8 aliphatic carbocycles. The Morgan fingerprint density at radius 2 is 1.17 bits per heavy atom. The summed E-state index contributed by atoms with van der Waals surface area (Å²) in [5, 5.41) is 10.2. The average Bonchev–Trinajstić information content (AvgIpc) is 3.75. The van der Waals surface area contributed by atoms with E-state index >= 15 is 0 Å². The molecule has 0 saturated heterocycles. The molecule has 12 atom stereocenters. The highest BCUT2D eigenvalue weighted by Crippen LogP contribution is 2.68. The van der Waals surface area contributed by atoms with E-state index in [4.69, 9.17) is 14.5 Å². The number of rotatable bonds is 5. The van der Waals surface area contributed by atoms with Gasteiger partial charge in [0, 0.05) is 31.2 Å². The van der Waals surface area contributed by atoms with Gasteiger partial charge >= 0.3 is 13.6 Å². The summed E-state index contributed by atoms with van der Waals surface area (Å²) in [7, 11) is -4.39. The predicted molar refractivity (Wildman–Crippen MR) is 231 cm³/mol. The van der Waals surface area contributed by atoms with Crippen molar-refractivity contribution in [3.8, 4) is 0 Å². The lowest BCUT2D eigenvalue weighted by atomic mass is 9.47. The van der Waals surface area contributed by atoms with Crippen molar-refractivity contribution in [2.45, 2.75) is 130 Å². The molecule has 3 N–H and O–H groups in total. The second-order valence-corrected chi connectivity index (χ2v) is 22.3. The normalized spacial score (nSPS) is 40.7. The van der Waals surface area contributed by atoms with E-state index in [1.54, 1.807) is 11.1 Å². The van der Waals surface area contributed by atoms with Gasteiger partial charge in [0.1, 0.15) is 12.3 Å². The number of hydrogen-bond donors (Lipinski definition) is 3. The highest BCUT2D eigenvalue weighted by Gasteiger charge is 2.58. The second kappa shape index (κ2) is 15.3. The van der Waals surface area contributed by atoms with Crippen molar-refractivity contribution in [3.63, 3.8) is 0 Å². The van der Waals surface area contributed by atoms with Gasteiger partial charge in [0.25, 0.3) is 0 Å². The molecule has 2 aromatic heterocycles. The van der Waals surface area contributed by atoms with Gasteiger partial charge in [-0.25, -0.2) is 0 Å². The van der Waals surface area contributed by atoms with E-state index in [0.29, 0.717) is 35.0 Å². The van der Waals surface area contributed by atoms with E-state index < -0.39 is 19.7 Å². The van der Waals surface area contributed by atoms with Crippen LogP contribution in [-0.4, -0.2) is 49.2 Å². The Morgan fingerprint density at radius 3 is 1.66 bits per heavy atom. The summed E-state index contributed by atoms with van der Waals surface area (Å²) < 4.78 is 16.6. The molecule has 9 heteroatoms. The van der Waals surface area contributed by atoms with Crippen LogP contribution in [0.25, 0.3) is 11.1 Å². The first kappa shape index (κ1) is 41.2. The Labute approximate surface area is 351 Å². The van der Waals surface area contributed by atoms with Crippen LogP contribution in [0.15, 0.2) is 84.5 Å². The van der Waals surface area contributed by atoms with Crippen molar-refractivity contribution in [1.29, 1.82) is 0 Å². The van der Waals surface area contributed by atoms with Crippen molar-refractivity contribution in [2.75, 3.05) is 6.16 Å². The molecule has 2 heterocycles. The Balaban J connectivity index is 0.000000156. The van der Waals surface area contributed by atoms with Gasteiger partial charge in [-0.05, 0) is 175 Å². The molecular formula is C50H65N2O6P. The number of allylic oxidation sites excluding steroid dienone is 6. The van der Waals surface area contributed by atoms with E-state index in [9.17, 15) is 14.5 Å². The summed E-state index contributed by atoms with van der Waals surface area (Å²) in [4.78, 5) is 38.8. The van der Waals surface area contributed by atoms with Gasteiger partial charge in [0.05, 0.1) is 6.10 Å². The lowest BCUT2D eigenvalue weighted by molar-refractivity contribution is -0.148. The molecule has 316 valence electrons. The molecule has 4 fully saturated rings. The van der Waals surface area contributed by atoms with Crippen LogP contribution in [0, 0.1) is 57.2 Å². The number of carbonyl (C=O) groups is 1. The van der Waals surface area contributed by atoms with Gasteiger partial charge in [-0.1, -0.05) is 75.3 Å². The first-order chi connectivity index (χ1) is 28.1. The Kier molecular flexibility index (Phi) is 10.7. The minimum Gasteiger partial charge on any atom is -0.462 e. The van der Waals surface area contributed by atoms with Gasteiger partial charge in [-0.2, -0.15) is 0 Å². The summed E-state index contributed by atoms with van der Waals surface area (Å²) in [5.41, 5.74) is 9.51. The molecule has 0 aliphatic heterocycles. The first-order valence-corrected chi connectivity index (χ1v) is 24.5. The molecule has 8 nitrogen and oxygen atoms in total. The summed E-state index contributed by atoms with van der Waals surface area (Å²) in [6.07, 6.45) is 31.6. The molecule has 8 aliphatic rings. The number of pyridine rings is 2. The fraction of sp³-hybridized carbons (Fsp3) is 0.620. The summed E-state index contributed by atoms with van der Waals surface area (Å²) in [5.74, 6) is 3.48. The number of aliphatic hydroxyl groups excluding tert-OH is 1. The SMILES string of the molecule is C[C@]12CC[C@H](O)CC1=CCC1C2CC[C@]2(C)C(c3cccnc3)=CCC12.C[C@]12CC[C@H](OC(=O)CP(=O)(O)O)CC1=CCC1C2CC[C@]2(C)C(c3cccnc3)=CCC12. The molecule has 59 heavy (non-hydrogen) atoms. The summed E-state index contributed by atoms with van der Waals surface area (Å²) >= 11 is 0. The standard InChI is InChI=1S/C26H34NO5P.C24H31NO/c1-25-11-9-19(32-24(28)16-33(29,30)31)14-18(25)5-6-20-22-8-7-21(17-4-3-13-27-15-17)26(22,2)12-10-23(20)25;1-23-11-9-18(26)14-17(23)5-6-19-21-8-7-20(16-4-3-13-25-15-16)24(21,2)12-10-22(19)23/h3-5,7,13,15,19-20,22-23H,6,8-12,14,16H2,1-2H3,(H2,29,30,31);3-5,7,13,15,18-19,21-22,26H,6,8-12,14H2,1-2H3/t19-,20?,22?,23?,25-,26+;18-,19?,21?,22?,23-,24+/m00/s1. The molecule has 4 saturated carbocycles. The summed E-state index contributed by atoms with van der Waals surface area (Å²) in [6.45, 7) is 9.88. The molecule has 0 radical (unpaired) electrons. The Hall–Kier alpha value is -3.16. The highest BCUT2D eigenvalue weighted by atomic mass is 31.2. The van der Waals surface area contributed by atoms with E-state index in [2.05, 4.69) is 80.2 Å². The van der Waals surface area contributed by atoms with Crippen LogP contribution in [0.1, 0.15) is 129 Å². The number of carbonyl (C=O) groups excluding carboxylic acids is 1. The van der Waals surface area contributed by atoms with Crippen LogP contribution in [-0.2, 0) is 14.1 Å². The highest BCUT2D eigenvalue weighted by molar-refractivity contribution is 7.52. The third-order valence-electron chi connectivity index (χ3n) is 17.9. The predicted octanol–water partition coefficient (Wildman–Crippen LogP) is 10.5. The number of ether oxygens (including phenoxy) is 1. The van der Waals surface area contributed by atoms with Crippen molar-refractivity contribution >= 4 is 24.7 Å². The van der Waals surface area contributed by atoms with E-state index in [-0.39, 0.29) is 23.0 Å². The lowest BCUT2D eigenvalue weighted by Crippen LogP contribution is -2.50. The monoisotopic (exact) mass is 820 g/mol. The third-order valence-corrected chi connectivity index (χ3v) is 18.5.